The number of benzene rings is 1. The lowest BCUT2D eigenvalue weighted by atomic mass is 9.96. The summed E-state index contributed by atoms with van der Waals surface area (Å²) in [4.78, 5) is 14.9. The van der Waals surface area contributed by atoms with Gasteiger partial charge in [0.05, 0.1) is 19.4 Å². The van der Waals surface area contributed by atoms with Gasteiger partial charge in [-0.15, -0.1) is 0 Å². The van der Waals surface area contributed by atoms with E-state index in [0.717, 1.165) is 0 Å². The second-order valence-electron chi connectivity index (χ2n) is 7.16. The lowest BCUT2D eigenvalue weighted by Gasteiger charge is -2.32. The number of rotatable bonds is 5. The van der Waals surface area contributed by atoms with Crippen molar-refractivity contribution in [3.05, 3.63) is 52.3 Å². The van der Waals surface area contributed by atoms with Gasteiger partial charge in [-0.05, 0) is 6.07 Å². The number of anilines is 1. The van der Waals surface area contributed by atoms with Gasteiger partial charge < -0.3 is 20.1 Å². The van der Waals surface area contributed by atoms with Crippen LogP contribution in [0.25, 0.3) is 0 Å². The van der Waals surface area contributed by atoms with Crippen molar-refractivity contribution in [1.82, 2.24) is 9.55 Å². The monoisotopic (exact) mass is 499 g/mol. The Hall–Kier alpha value is -2.58. The highest BCUT2D eigenvalue weighted by Gasteiger charge is 2.71. The molecule has 0 amide bonds. The van der Waals surface area contributed by atoms with Crippen molar-refractivity contribution in [1.29, 1.82) is 0 Å². The van der Waals surface area contributed by atoms with E-state index in [4.69, 9.17) is 24.0 Å². The van der Waals surface area contributed by atoms with Crippen molar-refractivity contribution in [2.75, 3.05) is 12.3 Å². The van der Waals surface area contributed by atoms with Gasteiger partial charge in [-0.25, -0.2) is 22.5 Å². The number of nitrogens with zero attached hydrogens (tertiary/aromatic N) is 2. The maximum Gasteiger partial charge on any atom is 0.530 e. The first kappa shape index (κ1) is 23.6. The molecule has 2 aliphatic heterocycles. The quantitative estimate of drug-likeness (QED) is 0.469. The molecule has 4 atom stereocenters. The summed E-state index contributed by atoms with van der Waals surface area (Å²) in [6, 6.07) is 6.08. The third kappa shape index (κ3) is 3.89. The largest absolute Gasteiger partial charge is 0.530 e. The summed E-state index contributed by atoms with van der Waals surface area (Å²) in [5.74, 6) is -6.86. The molecule has 180 valence electrons. The lowest BCUT2D eigenvalue weighted by Crippen LogP contribution is -2.54. The average Bonchev–Trinajstić information content (AvgIpc) is 2.96. The van der Waals surface area contributed by atoms with E-state index < -0.39 is 62.0 Å². The van der Waals surface area contributed by atoms with Crippen LogP contribution in [0, 0.1) is 5.82 Å². The maximum absolute atomic E-state index is 14.8. The highest BCUT2D eigenvalue weighted by molar-refractivity contribution is 7.49. The molecule has 2 aromatic rings. The second kappa shape index (κ2) is 8.02. The number of halogens is 5. The predicted octanol–water partition coefficient (Wildman–Crippen LogP) is 2.23. The van der Waals surface area contributed by atoms with Gasteiger partial charge in [0.15, 0.2) is 23.3 Å². The Bertz CT molecular complexity index is 1180. The van der Waals surface area contributed by atoms with Crippen LogP contribution in [-0.4, -0.2) is 45.3 Å². The second-order valence-corrected chi connectivity index (χ2v) is 8.75. The number of para-hydroxylation sites is 1. The standard InChI is InChI=1S/C17H15F5N3O7P/c18-9-5-25(15(27)24-11(9)23)14-17(21,22)12(26)16(31-14,13(19)20)7-30-33(28)29-6-8-3-1-2-4-10(8)32-33/h1-5,12-14,26H,6-7H2,(H2,23,24,27)/t12-,14-,16-,33?/m1/s1. The van der Waals surface area contributed by atoms with Crippen LogP contribution in [-0.2, 0) is 25.0 Å². The molecule has 1 aromatic carbocycles. The molecule has 10 nitrogen and oxygen atoms in total. The van der Waals surface area contributed by atoms with Gasteiger partial charge >= 0.3 is 19.4 Å². The van der Waals surface area contributed by atoms with Gasteiger partial charge in [0, 0.05) is 5.56 Å². The molecule has 1 aromatic heterocycles. The Balaban J connectivity index is 1.64. The highest BCUT2D eigenvalue weighted by Crippen LogP contribution is 2.57. The molecule has 1 unspecified atom stereocenters. The van der Waals surface area contributed by atoms with Crippen LogP contribution in [0.5, 0.6) is 5.75 Å². The third-order valence-corrected chi connectivity index (χ3v) is 6.36. The highest BCUT2D eigenvalue weighted by atomic mass is 31.2. The molecule has 0 bridgehead atoms. The molecule has 0 radical (unpaired) electrons. The number of aliphatic hydroxyl groups is 1. The van der Waals surface area contributed by atoms with Gasteiger partial charge in [0.1, 0.15) is 5.75 Å². The summed E-state index contributed by atoms with van der Waals surface area (Å²) >= 11 is 0. The number of phosphoric acid groups is 1. The van der Waals surface area contributed by atoms with Crippen LogP contribution in [0.4, 0.5) is 27.8 Å². The summed E-state index contributed by atoms with van der Waals surface area (Å²) in [6.07, 6.45) is -9.89. The van der Waals surface area contributed by atoms with Crippen molar-refractivity contribution in [2.24, 2.45) is 0 Å². The topological polar surface area (TPSA) is 135 Å². The first-order valence-corrected chi connectivity index (χ1v) is 10.6. The van der Waals surface area contributed by atoms with E-state index >= 15 is 0 Å². The smallest absolute Gasteiger partial charge is 0.404 e. The van der Waals surface area contributed by atoms with Gasteiger partial charge in [-0.2, -0.15) is 13.8 Å². The fraction of sp³-hybridized carbons (Fsp3) is 0.412. The fourth-order valence-electron chi connectivity index (χ4n) is 3.28. The van der Waals surface area contributed by atoms with Crippen LogP contribution < -0.4 is 15.9 Å². The molecule has 0 aliphatic carbocycles. The molecule has 0 saturated carbocycles. The molecular weight excluding hydrogens is 484 g/mol. The van der Waals surface area contributed by atoms with Gasteiger partial charge in [0.2, 0.25) is 6.23 Å². The first-order chi connectivity index (χ1) is 15.4. The predicted molar refractivity (Wildman–Crippen MR) is 98.1 cm³/mol. The molecular formula is C17H15F5N3O7P. The van der Waals surface area contributed by atoms with Crippen molar-refractivity contribution < 1.29 is 49.9 Å². The molecule has 16 heteroatoms. The van der Waals surface area contributed by atoms with Gasteiger partial charge in [0.25, 0.3) is 6.43 Å². The van der Waals surface area contributed by atoms with E-state index in [1.54, 1.807) is 12.1 Å². The lowest BCUT2D eigenvalue weighted by molar-refractivity contribution is -0.194. The van der Waals surface area contributed by atoms with Gasteiger partial charge in [-0.1, -0.05) is 18.2 Å². The number of aliphatic hydroxyl groups excluding tert-OH is 1. The average molecular weight is 499 g/mol. The first-order valence-electron chi connectivity index (χ1n) is 9.12. The van der Waals surface area contributed by atoms with Crippen LogP contribution in [0.1, 0.15) is 11.8 Å². The Morgan fingerprint density at radius 2 is 2.06 bits per heavy atom. The van der Waals surface area contributed by atoms with E-state index in [9.17, 15) is 36.4 Å². The maximum atomic E-state index is 14.8. The Morgan fingerprint density at radius 3 is 2.76 bits per heavy atom. The number of ether oxygens (including phenoxy) is 1. The number of hydrogen-bond donors (Lipinski definition) is 2. The number of hydrogen-bond acceptors (Lipinski definition) is 9. The van der Waals surface area contributed by atoms with E-state index in [-0.39, 0.29) is 23.1 Å². The van der Waals surface area contributed by atoms with Crippen LogP contribution in [0.2, 0.25) is 0 Å². The van der Waals surface area contributed by atoms with Crippen LogP contribution >= 0.6 is 7.82 Å². The fourth-order valence-corrected chi connectivity index (χ4v) is 4.53. The number of nitrogens with two attached hydrogens (primary N) is 1. The normalized spacial score (nSPS) is 30.8. The zero-order valence-electron chi connectivity index (χ0n) is 16.2. The summed E-state index contributed by atoms with van der Waals surface area (Å²) in [5, 5.41) is 10.1. The third-order valence-electron chi connectivity index (χ3n) is 5.05. The van der Waals surface area contributed by atoms with Gasteiger partial charge in [-0.3, -0.25) is 13.6 Å². The van der Waals surface area contributed by atoms with Crippen molar-refractivity contribution in [2.45, 2.75) is 36.9 Å². The Labute approximate surface area is 181 Å². The Morgan fingerprint density at radius 1 is 1.36 bits per heavy atom. The minimum absolute atomic E-state index is 0.0456. The van der Waals surface area contributed by atoms with E-state index in [1.165, 1.54) is 12.1 Å². The van der Waals surface area contributed by atoms with Crippen LogP contribution in [0.3, 0.4) is 0 Å². The molecule has 4 rings (SSSR count). The molecule has 0 spiro atoms. The summed E-state index contributed by atoms with van der Waals surface area (Å²) < 4.78 is 103. The zero-order chi connectivity index (χ0) is 24.2. The Kier molecular flexibility index (Phi) is 5.73. The van der Waals surface area contributed by atoms with Crippen molar-refractivity contribution in [3.63, 3.8) is 0 Å². The van der Waals surface area contributed by atoms with Crippen molar-refractivity contribution >= 4 is 13.6 Å². The molecule has 3 heterocycles. The van der Waals surface area contributed by atoms with E-state index in [0.29, 0.717) is 5.56 Å². The molecule has 2 aliphatic rings. The van der Waals surface area contributed by atoms with E-state index in [2.05, 4.69) is 4.98 Å². The molecule has 1 saturated heterocycles. The van der Waals surface area contributed by atoms with Crippen LogP contribution in [0.15, 0.2) is 35.3 Å². The summed E-state index contributed by atoms with van der Waals surface area (Å²) in [6.45, 7) is -1.90. The van der Waals surface area contributed by atoms with Crippen molar-refractivity contribution in [3.8, 4) is 5.75 Å². The molecule has 1 fully saturated rings. The number of fused-ring (bicyclic) bond motifs is 1. The SMILES string of the molecule is Nc1nc(=O)n([C@@H]2O[C@@](COP3(=O)OCc4ccccc4O3)(C(F)F)[C@@H](O)C2(F)F)cc1F. The number of phosphoric ester groups is 1. The molecule has 3 N–H and O–H groups in total. The number of nitrogen functional groups attached to an aromatic ring is 1. The minimum atomic E-state index is -4.59. The number of alkyl halides is 4. The summed E-state index contributed by atoms with van der Waals surface area (Å²) in [5.41, 5.74) is 0.480. The molecule has 33 heavy (non-hydrogen) atoms. The van der Waals surface area contributed by atoms with E-state index in [1.807, 2.05) is 0 Å². The zero-order valence-corrected chi connectivity index (χ0v) is 17.1. The summed E-state index contributed by atoms with van der Waals surface area (Å²) in [7, 11) is -4.59. The minimum Gasteiger partial charge on any atom is -0.404 e. The number of aromatic nitrogens is 2.